The Kier molecular flexibility index (Phi) is 5.75. The smallest absolute Gasteiger partial charge is 0.416 e. The number of allylic oxidation sites excluding steroid dienone is 3. The molecule has 2 heterocycles. The first-order valence-electron chi connectivity index (χ1n) is 10.9. The molecule has 1 saturated carbocycles. The van der Waals surface area contributed by atoms with Crippen LogP contribution in [-0.4, -0.2) is 27.4 Å². The second kappa shape index (κ2) is 8.56. The lowest BCUT2D eigenvalue weighted by atomic mass is 9.86. The maximum absolute atomic E-state index is 12.8. The molecule has 2 aliphatic carbocycles. The van der Waals surface area contributed by atoms with Crippen LogP contribution in [0.1, 0.15) is 54.9 Å². The van der Waals surface area contributed by atoms with Crippen molar-refractivity contribution in [2.24, 2.45) is 5.92 Å². The molecule has 0 saturated heterocycles. The average molecular weight is 465 g/mol. The van der Waals surface area contributed by atoms with Crippen molar-refractivity contribution in [1.82, 2.24) is 20.1 Å². The molecule has 9 heteroatoms. The summed E-state index contributed by atoms with van der Waals surface area (Å²) in [4.78, 5) is 0. The normalized spacial score (nSPS) is 27.8. The van der Waals surface area contributed by atoms with Crippen LogP contribution in [0.2, 0.25) is 0 Å². The number of halogens is 4. The number of rotatable bonds is 3. The number of hydrogen-bond acceptors (Lipinski definition) is 4. The standard InChI is InChI=1S/C23H24ClF3N4O/c24-17-5-10-20-15(11-17)12-28-13-21-29-30-22(31(20)21)14-1-6-18(7-2-14)32-19-8-3-16(4-9-19)23(25,26)27/h3-5,8-11,14-15,18,20,28H,1-2,6-7,12-13H2/t14-,15?,18-,20?. The molecule has 2 aromatic rings. The van der Waals surface area contributed by atoms with E-state index in [0.29, 0.717) is 12.3 Å². The van der Waals surface area contributed by atoms with Gasteiger partial charge in [0.1, 0.15) is 17.4 Å². The molecule has 2 atom stereocenters. The van der Waals surface area contributed by atoms with Gasteiger partial charge in [-0.25, -0.2) is 0 Å². The van der Waals surface area contributed by atoms with Crippen molar-refractivity contribution in [1.29, 1.82) is 0 Å². The van der Waals surface area contributed by atoms with Gasteiger partial charge in [0.2, 0.25) is 0 Å². The number of nitrogens with zero attached hydrogens (tertiary/aromatic N) is 3. The maximum Gasteiger partial charge on any atom is 0.416 e. The number of hydrogen-bond donors (Lipinski definition) is 1. The predicted molar refractivity (Wildman–Crippen MR) is 114 cm³/mol. The molecule has 0 radical (unpaired) electrons. The van der Waals surface area contributed by atoms with E-state index in [4.69, 9.17) is 16.3 Å². The van der Waals surface area contributed by atoms with Gasteiger partial charge in [0, 0.05) is 23.4 Å². The van der Waals surface area contributed by atoms with Crippen LogP contribution < -0.4 is 10.1 Å². The Hall–Kier alpha value is -2.32. The highest BCUT2D eigenvalue weighted by molar-refractivity contribution is 6.31. The van der Waals surface area contributed by atoms with Gasteiger partial charge in [-0.15, -0.1) is 10.2 Å². The molecule has 32 heavy (non-hydrogen) atoms. The Morgan fingerprint density at radius 2 is 1.81 bits per heavy atom. The fraction of sp³-hybridized carbons (Fsp3) is 0.478. The van der Waals surface area contributed by atoms with Gasteiger partial charge in [0.25, 0.3) is 0 Å². The summed E-state index contributed by atoms with van der Waals surface area (Å²) in [6, 6.07) is 5.07. The lowest BCUT2D eigenvalue weighted by Crippen LogP contribution is -2.28. The van der Waals surface area contributed by atoms with Gasteiger partial charge in [-0.3, -0.25) is 0 Å². The minimum atomic E-state index is -4.34. The molecule has 0 spiro atoms. The van der Waals surface area contributed by atoms with Gasteiger partial charge in [-0.05, 0) is 56.0 Å². The van der Waals surface area contributed by atoms with E-state index in [2.05, 4.69) is 32.2 Å². The first-order chi connectivity index (χ1) is 15.4. The van der Waals surface area contributed by atoms with Crippen molar-refractivity contribution in [3.05, 3.63) is 64.7 Å². The van der Waals surface area contributed by atoms with Crippen molar-refractivity contribution >= 4 is 11.6 Å². The molecule has 0 bridgehead atoms. The molecule has 1 fully saturated rings. The zero-order valence-corrected chi connectivity index (χ0v) is 18.1. The minimum Gasteiger partial charge on any atom is -0.490 e. The van der Waals surface area contributed by atoms with Crippen LogP contribution in [0.5, 0.6) is 5.75 Å². The summed E-state index contributed by atoms with van der Waals surface area (Å²) in [5, 5.41) is 13.2. The third kappa shape index (κ3) is 4.30. The van der Waals surface area contributed by atoms with Crippen LogP contribution in [0.4, 0.5) is 13.2 Å². The highest BCUT2D eigenvalue weighted by atomic mass is 35.5. The Labute approximate surface area is 189 Å². The number of fused-ring (bicyclic) bond motifs is 3. The molecule has 1 aromatic carbocycles. The van der Waals surface area contributed by atoms with E-state index in [-0.39, 0.29) is 24.0 Å². The number of ether oxygens (including phenoxy) is 1. The van der Waals surface area contributed by atoms with Crippen molar-refractivity contribution in [3.63, 3.8) is 0 Å². The summed E-state index contributed by atoms with van der Waals surface area (Å²) >= 11 is 6.23. The SMILES string of the molecule is FC(F)(F)c1ccc(O[C@H]2CC[C@H](c3nnc4n3C3C=CC(Cl)=CC3CNC4)CC2)cc1. The van der Waals surface area contributed by atoms with Gasteiger partial charge in [-0.2, -0.15) is 13.2 Å². The lowest BCUT2D eigenvalue weighted by Gasteiger charge is -2.31. The second-order valence-corrected chi connectivity index (χ2v) is 9.09. The molecule has 3 aliphatic rings. The zero-order chi connectivity index (χ0) is 22.3. The number of nitrogens with one attached hydrogen (secondary N) is 1. The topological polar surface area (TPSA) is 52.0 Å². The summed E-state index contributed by atoms with van der Waals surface area (Å²) in [6.45, 7) is 1.51. The third-order valence-corrected chi connectivity index (χ3v) is 6.79. The van der Waals surface area contributed by atoms with E-state index in [1.807, 2.05) is 6.08 Å². The summed E-state index contributed by atoms with van der Waals surface area (Å²) in [6.07, 6.45) is 5.25. The lowest BCUT2D eigenvalue weighted by molar-refractivity contribution is -0.137. The van der Waals surface area contributed by atoms with Crippen molar-refractivity contribution in [2.75, 3.05) is 6.54 Å². The summed E-state index contributed by atoms with van der Waals surface area (Å²) < 4.78 is 46.5. The Morgan fingerprint density at radius 1 is 1.06 bits per heavy atom. The molecule has 170 valence electrons. The highest BCUT2D eigenvalue weighted by Crippen LogP contribution is 2.39. The molecule has 2 unspecified atom stereocenters. The minimum absolute atomic E-state index is 0.0137. The van der Waals surface area contributed by atoms with Crippen LogP contribution in [-0.2, 0) is 12.7 Å². The van der Waals surface area contributed by atoms with E-state index in [0.717, 1.165) is 61.0 Å². The highest BCUT2D eigenvalue weighted by Gasteiger charge is 2.34. The molecular weight excluding hydrogens is 441 g/mol. The predicted octanol–water partition coefficient (Wildman–Crippen LogP) is 5.36. The molecule has 1 aliphatic heterocycles. The fourth-order valence-corrected chi connectivity index (χ4v) is 5.15. The third-order valence-electron chi connectivity index (χ3n) is 6.54. The average Bonchev–Trinajstić information content (AvgIpc) is 3.09. The summed E-state index contributed by atoms with van der Waals surface area (Å²) in [7, 11) is 0. The molecule has 1 aromatic heterocycles. The summed E-state index contributed by atoms with van der Waals surface area (Å²) in [5.41, 5.74) is -0.665. The first-order valence-corrected chi connectivity index (χ1v) is 11.3. The van der Waals surface area contributed by atoms with Crippen LogP contribution in [0, 0.1) is 5.92 Å². The first kappa shape index (κ1) is 21.5. The quantitative estimate of drug-likeness (QED) is 0.664. The number of benzene rings is 1. The van der Waals surface area contributed by atoms with E-state index in [1.165, 1.54) is 12.1 Å². The van der Waals surface area contributed by atoms with E-state index >= 15 is 0 Å². The molecule has 1 N–H and O–H groups in total. The van der Waals surface area contributed by atoms with Gasteiger partial charge < -0.3 is 14.6 Å². The molecule has 0 amide bonds. The number of aromatic nitrogens is 3. The van der Waals surface area contributed by atoms with Crippen molar-refractivity contribution in [3.8, 4) is 5.75 Å². The Balaban J connectivity index is 1.26. The van der Waals surface area contributed by atoms with Crippen LogP contribution in [0.3, 0.4) is 0 Å². The van der Waals surface area contributed by atoms with Gasteiger partial charge in [-0.1, -0.05) is 23.8 Å². The molecule has 5 nitrogen and oxygen atoms in total. The Morgan fingerprint density at radius 3 is 2.53 bits per heavy atom. The largest absolute Gasteiger partial charge is 0.490 e. The van der Waals surface area contributed by atoms with E-state index in [1.54, 1.807) is 0 Å². The van der Waals surface area contributed by atoms with Crippen LogP contribution >= 0.6 is 11.6 Å². The van der Waals surface area contributed by atoms with Crippen LogP contribution in [0.15, 0.2) is 47.5 Å². The molecule has 5 rings (SSSR count). The number of alkyl halides is 3. The second-order valence-electron chi connectivity index (χ2n) is 8.65. The van der Waals surface area contributed by atoms with E-state index < -0.39 is 11.7 Å². The Bertz CT molecular complexity index is 1020. The van der Waals surface area contributed by atoms with Crippen molar-refractivity contribution < 1.29 is 17.9 Å². The van der Waals surface area contributed by atoms with Crippen molar-refractivity contribution in [2.45, 2.75) is 56.5 Å². The monoisotopic (exact) mass is 464 g/mol. The summed E-state index contributed by atoms with van der Waals surface area (Å²) in [5.74, 6) is 2.94. The van der Waals surface area contributed by atoms with Gasteiger partial charge in [0.15, 0.2) is 0 Å². The zero-order valence-electron chi connectivity index (χ0n) is 17.4. The maximum atomic E-state index is 12.8. The van der Waals surface area contributed by atoms with Gasteiger partial charge in [0.05, 0.1) is 24.3 Å². The van der Waals surface area contributed by atoms with E-state index in [9.17, 15) is 13.2 Å². The van der Waals surface area contributed by atoms with Gasteiger partial charge >= 0.3 is 6.18 Å². The van der Waals surface area contributed by atoms with Crippen LogP contribution in [0.25, 0.3) is 0 Å². The molecular formula is C23H24ClF3N4O. The fourth-order valence-electron chi connectivity index (χ4n) is 4.91.